The molecule has 0 fully saturated rings. The summed E-state index contributed by atoms with van der Waals surface area (Å²) in [5.74, 6) is 0.337. The van der Waals surface area contributed by atoms with Crippen LogP contribution in [0.25, 0.3) is 0 Å². The zero-order valence-corrected chi connectivity index (χ0v) is 10.7. The highest BCUT2D eigenvalue weighted by atomic mass is 19.4. The van der Waals surface area contributed by atoms with Gasteiger partial charge in [0, 0.05) is 13.1 Å². The predicted octanol–water partition coefficient (Wildman–Crippen LogP) is 1.84. The van der Waals surface area contributed by atoms with Gasteiger partial charge in [-0.3, -0.25) is 0 Å². The van der Waals surface area contributed by atoms with Crippen LogP contribution in [-0.4, -0.2) is 37.1 Å². The average Bonchev–Trinajstić information content (AvgIpc) is 2.40. The quantitative estimate of drug-likeness (QED) is 0.751. The Hall–Kier alpha value is -1.78. The van der Waals surface area contributed by atoms with Crippen molar-refractivity contribution in [1.29, 1.82) is 5.26 Å². The minimum Gasteiger partial charge on any atom is -0.489 e. The Morgan fingerprint density at radius 3 is 2.70 bits per heavy atom. The molecular formula is C13H15F3N2O2. The van der Waals surface area contributed by atoms with Gasteiger partial charge in [-0.05, 0) is 12.1 Å². The van der Waals surface area contributed by atoms with Gasteiger partial charge in [-0.25, -0.2) is 0 Å². The first-order valence-electron chi connectivity index (χ1n) is 6.00. The molecule has 0 saturated heterocycles. The fourth-order valence-corrected chi connectivity index (χ4v) is 1.43. The van der Waals surface area contributed by atoms with Crippen LogP contribution in [0.5, 0.6) is 5.75 Å². The molecule has 1 rings (SSSR count). The van der Waals surface area contributed by atoms with Crippen LogP contribution in [0.1, 0.15) is 12.0 Å². The van der Waals surface area contributed by atoms with Crippen LogP contribution >= 0.6 is 0 Å². The van der Waals surface area contributed by atoms with E-state index in [4.69, 9.17) is 10.00 Å². The Morgan fingerprint density at radius 1 is 1.35 bits per heavy atom. The molecule has 4 nitrogen and oxygen atoms in total. The minimum atomic E-state index is -4.21. The molecule has 0 bridgehead atoms. The summed E-state index contributed by atoms with van der Waals surface area (Å²) in [6.07, 6.45) is -6.10. The first kappa shape index (κ1) is 16.3. The molecule has 0 aliphatic heterocycles. The minimum absolute atomic E-state index is 0.00913. The van der Waals surface area contributed by atoms with Crippen molar-refractivity contribution in [3.63, 3.8) is 0 Å². The monoisotopic (exact) mass is 288 g/mol. The molecule has 0 aliphatic rings. The summed E-state index contributed by atoms with van der Waals surface area (Å²) in [4.78, 5) is 0. The summed E-state index contributed by atoms with van der Waals surface area (Å²) >= 11 is 0. The number of rotatable bonds is 7. The van der Waals surface area contributed by atoms with Crippen LogP contribution in [0.15, 0.2) is 24.3 Å². The Labute approximate surface area is 114 Å². The molecule has 0 saturated carbocycles. The number of nitrogens with zero attached hydrogens (tertiary/aromatic N) is 1. The van der Waals surface area contributed by atoms with Crippen LogP contribution in [0.3, 0.4) is 0 Å². The fourth-order valence-electron chi connectivity index (χ4n) is 1.43. The van der Waals surface area contributed by atoms with Gasteiger partial charge in [0.1, 0.15) is 24.5 Å². The van der Waals surface area contributed by atoms with Gasteiger partial charge >= 0.3 is 6.18 Å². The van der Waals surface area contributed by atoms with Crippen LogP contribution in [0.4, 0.5) is 13.2 Å². The molecule has 1 unspecified atom stereocenters. The van der Waals surface area contributed by atoms with Crippen LogP contribution < -0.4 is 10.1 Å². The van der Waals surface area contributed by atoms with Crippen molar-refractivity contribution in [2.24, 2.45) is 0 Å². The van der Waals surface area contributed by atoms with Crippen molar-refractivity contribution in [2.75, 3.05) is 19.7 Å². The van der Waals surface area contributed by atoms with Crippen molar-refractivity contribution in [3.8, 4) is 11.8 Å². The Morgan fingerprint density at radius 2 is 2.05 bits per heavy atom. The fraction of sp³-hybridized carbons (Fsp3) is 0.462. The van der Waals surface area contributed by atoms with Gasteiger partial charge in [0.25, 0.3) is 0 Å². The largest absolute Gasteiger partial charge is 0.489 e. The number of benzene rings is 1. The molecule has 1 aromatic carbocycles. The van der Waals surface area contributed by atoms with Gasteiger partial charge in [-0.15, -0.1) is 0 Å². The Kier molecular flexibility index (Phi) is 6.28. The molecule has 110 valence electrons. The van der Waals surface area contributed by atoms with Gasteiger partial charge in [0.05, 0.1) is 12.0 Å². The number of alkyl halides is 3. The highest BCUT2D eigenvalue weighted by Crippen LogP contribution is 2.18. The Bertz CT molecular complexity index is 458. The lowest BCUT2D eigenvalue weighted by Gasteiger charge is -2.14. The number of aliphatic hydroxyl groups excluding tert-OH is 1. The second-order valence-corrected chi connectivity index (χ2v) is 4.14. The second-order valence-electron chi connectivity index (χ2n) is 4.14. The predicted molar refractivity (Wildman–Crippen MR) is 66.2 cm³/mol. The van der Waals surface area contributed by atoms with Gasteiger partial charge in [0.15, 0.2) is 0 Å². The van der Waals surface area contributed by atoms with E-state index in [-0.39, 0.29) is 19.7 Å². The highest BCUT2D eigenvalue weighted by Gasteiger charge is 2.26. The molecular weight excluding hydrogens is 273 g/mol. The number of hydrogen-bond donors (Lipinski definition) is 2. The van der Waals surface area contributed by atoms with Gasteiger partial charge in [-0.1, -0.05) is 12.1 Å². The summed E-state index contributed by atoms with van der Waals surface area (Å²) in [6.45, 7) is -0.363. The van der Waals surface area contributed by atoms with E-state index >= 15 is 0 Å². The smallest absolute Gasteiger partial charge is 0.390 e. The van der Waals surface area contributed by atoms with E-state index in [1.807, 2.05) is 6.07 Å². The average molecular weight is 288 g/mol. The third kappa shape index (κ3) is 6.41. The zero-order chi connectivity index (χ0) is 15.0. The van der Waals surface area contributed by atoms with Crippen molar-refractivity contribution in [2.45, 2.75) is 18.7 Å². The van der Waals surface area contributed by atoms with Crippen molar-refractivity contribution >= 4 is 0 Å². The summed E-state index contributed by atoms with van der Waals surface area (Å²) < 4.78 is 40.9. The number of nitrogens with one attached hydrogen (secondary N) is 1. The van der Waals surface area contributed by atoms with Crippen molar-refractivity contribution < 1.29 is 23.0 Å². The molecule has 1 atom stereocenters. The molecule has 0 spiro atoms. The lowest BCUT2D eigenvalue weighted by Crippen LogP contribution is -2.33. The maximum atomic E-state index is 11.9. The third-order valence-corrected chi connectivity index (χ3v) is 2.40. The molecule has 7 heteroatoms. The van der Waals surface area contributed by atoms with E-state index in [2.05, 4.69) is 5.32 Å². The molecule has 2 N–H and O–H groups in total. The van der Waals surface area contributed by atoms with Gasteiger partial charge in [0.2, 0.25) is 0 Å². The molecule has 0 aromatic heterocycles. The first-order valence-corrected chi connectivity index (χ1v) is 6.00. The summed E-state index contributed by atoms with van der Waals surface area (Å²) in [6, 6.07) is 8.47. The lowest BCUT2D eigenvalue weighted by atomic mass is 10.2. The lowest BCUT2D eigenvalue weighted by molar-refractivity contribution is -0.133. The Balaban J connectivity index is 2.26. The van der Waals surface area contributed by atoms with E-state index in [1.165, 1.54) is 0 Å². The summed E-state index contributed by atoms with van der Waals surface area (Å²) in [7, 11) is 0. The van der Waals surface area contributed by atoms with E-state index in [1.54, 1.807) is 24.3 Å². The topological polar surface area (TPSA) is 65.3 Å². The van der Waals surface area contributed by atoms with Gasteiger partial charge < -0.3 is 15.2 Å². The number of halogens is 3. The number of nitriles is 1. The van der Waals surface area contributed by atoms with E-state index in [0.29, 0.717) is 11.3 Å². The van der Waals surface area contributed by atoms with Crippen molar-refractivity contribution in [1.82, 2.24) is 5.32 Å². The van der Waals surface area contributed by atoms with E-state index < -0.39 is 18.7 Å². The number of hydrogen-bond acceptors (Lipinski definition) is 4. The summed E-state index contributed by atoms with van der Waals surface area (Å²) in [5, 5.41) is 20.9. The maximum absolute atomic E-state index is 11.9. The standard InChI is InChI=1S/C13H15F3N2O2/c14-13(15,16)5-6-18-8-11(19)9-20-12-4-2-1-3-10(12)7-17/h1-4,11,18-19H,5-6,8-9H2. The number of aliphatic hydroxyl groups is 1. The first-order chi connectivity index (χ1) is 9.42. The van der Waals surface area contributed by atoms with E-state index in [9.17, 15) is 18.3 Å². The zero-order valence-electron chi connectivity index (χ0n) is 10.7. The molecule has 0 heterocycles. The molecule has 0 amide bonds. The third-order valence-electron chi connectivity index (χ3n) is 2.40. The second kappa shape index (κ2) is 7.72. The summed E-state index contributed by atoms with van der Waals surface area (Å²) in [5.41, 5.74) is 0.338. The number of para-hydroxylation sites is 1. The van der Waals surface area contributed by atoms with Crippen molar-refractivity contribution in [3.05, 3.63) is 29.8 Å². The molecule has 0 radical (unpaired) electrons. The van der Waals surface area contributed by atoms with Crippen LogP contribution in [0.2, 0.25) is 0 Å². The highest BCUT2D eigenvalue weighted by molar-refractivity contribution is 5.42. The molecule has 1 aromatic rings. The normalized spacial score (nSPS) is 12.8. The molecule has 0 aliphatic carbocycles. The van der Waals surface area contributed by atoms with Crippen LogP contribution in [0, 0.1) is 11.3 Å². The maximum Gasteiger partial charge on any atom is 0.390 e. The number of ether oxygens (including phenoxy) is 1. The SMILES string of the molecule is N#Cc1ccccc1OCC(O)CNCCC(F)(F)F. The van der Waals surface area contributed by atoms with Crippen LogP contribution in [-0.2, 0) is 0 Å². The molecule has 20 heavy (non-hydrogen) atoms. The van der Waals surface area contributed by atoms with Gasteiger partial charge in [-0.2, -0.15) is 18.4 Å². The van der Waals surface area contributed by atoms with E-state index in [0.717, 1.165) is 0 Å².